The number of halogens is 3. The fourth-order valence-electron chi connectivity index (χ4n) is 1.48. The lowest BCUT2D eigenvalue weighted by Crippen LogP contribution is -2.27. The highest BCUT2D eigenvalue weighted by Crippen LogP contribution is 2.28. The first-order valence-electron chi connectivity index (χ1n) is 5.09. The molecule has 0 fully saturated rings. The van der Waals surface area contributed by atoms with Gasteiger partial charge in [0.05, 0.1) is 10.7 Å². The van der Waals surface area contributed by atoms with Crippen molar-refractivity contribution in [3.05, 3.63) is 23.2 Å². The van der Waals surface area contributed by atoms with Crippen molar-refractivity contribution in [2.45, 2.75) is 0 Å². The van der Waals surface area contributed by atoms with Crippen LogP contribution >= 0.6 is 34.8 Å². The SMILES string of the molecule is O=CNc1ccc(N(CCCl)CCCl)c(Cl)c1. The third kappa shape index (κ3) is 4.26. The topological polar surface area (TPSA) is 32.3 Å². The minimum Gasteiger partial charge on any atom is -0.368 e. The van der Waals surface area contributed by atoms with Gasteiger partial charge in [0, 0.05) is 30.5 Å². The average Bonchev–Trinajstić information content (AvgIpc) is 2.29. The minimum absolute atomic E-state index is 0.502. The van der Waals surface area contributed by atoms with Gasteiger partial charge in [-0.2, -0.15) is 0 Å². The van der Waals surface area contributed by atoms with Gasteiger partial charge in [0.15, 0.2) is 0 Å². The fourth-order valence-corrected chi connectivity index (χ4v) is 2.19. The molecule has 0 atom stereocenters. The number of hydrogen-bond donors (Lipinski definition) is 1. The van der Waals surface area contributed by atoms with E-state index in [2.05, 4.69) is 5.32 Å². The van der Waals surface area contributed by atoms with Crippen LogP contribution in [0, 0.1) is 0 Å². The molecule has 0 saturated heterocycles. The summed E-state index contributed by atoms with van der Waals surface area (Å²) in [5.41, 5.74) is 1.52. The third-order valence-electron chi connectivity index (χ3n) is 2.22. The van der Waals surface area contributed by atoms with Gasteiger partial charge in [-0.05, 0) is 18.2 Å². The van der Waals surface area contributed by atoms with Crippen molar-refractivity contribution in [3.63, 3.8) is 0 Å². The number of alkyl halides is 2. The van der Waals surface area contributed by atoms with Crippen molar-refractivity contribution in [3.8, 4) is 0 Å². The van der Waals surface area contributed by atoms with Crippen molar-refractivity contribution in [2.24, 2.45) is 0 Å². The molecule has 94 valence electrons. The highest BCUT2D eigenvalue weighted by Gasteiger charge is 2.09. The Kier molecular flexibility index (Phi) is 6.48. The highest BCUT2D eigenvalue weighted by atomic mass is 35.5. The number of amides is 1. The first kappa shape index (κ1) is 14.4. The van der Waals surface area contributed by atoms with Crippen LogP contribution in [-0.4, -0.2) is 31.3 Å². The summed E-state index contributed by atoms with van der Waals surface area (Å²) in [5.74, 6) is 1.00. The molecule has 6 heteroatoms. The lowest BCUT2D eigenvalue weighted by molar-refractivity contribution is -0.105. The number of anilines is 2. The zero-order chi connectivity index (χ0) is 12.7. The molecule has 0 spiro atoms. The maximum absolute atomic E-state index is 10.3. The zero-order valence-corrected chi connectivity index (χ0v) is 11.4. The maximum atomic E-state index is 10.3. The van der Waals surface area contributed by atoms with E-state index in [0.717, 1.165) is 5.69 Å². The van der Waals surface area contributed by atoms with Gasteiger partial charge in [-0.1, -0.05) is 11.6 Å². The van der Waals surface area contributed by atoms with Gasteiger partial charge in [0.2, 0.25) is 6.41 Å². The largest absolute Gasteiger partial charge is 0.368 e. The second-order valence-corrected chi connectivity index (χ2v) is 4.46. The molecule has 0 aliphatic rings. The van der Waals surface area contributed by atoms with E-state index in [9.17, 15) is 4.79 Å². The monoisotopic (exact) mass is 294 g/mol. The predicted molar refractivity (Wildman–Crippen MR) is 74.8 cm³/mol. The van der Waals surface area contributed by atoms with Gasteiger partial charge in [-0.3, -0.25) is 4.79 Å². The van der Waals surface area contributed by atoms with Crippen LogP contribution in [0.15, 0.2) is 18.2 Å². The molecule has 0 heterocycles. The van der Waals surface area contributed by atoms with Crippen molar-refractivity contribution >= 4 is 52.6 Å². The first-order chi connectivity index (χ1) is 8.22. The second-order valence-electron chi connectivity index (χ2n) is 3.29. The molecule has 1 N–H and O–H groups in total. The van der Waals surface area contributed by atoms with E-state index >= 15 is 0 Å². The fraction of sp³-hybridized carbons (Fsp3) is 0.364. The molecule has 1 rings (SSSR count). The molecule has 17 heavy (non-hydrogen) atoms. The number of nitrogens with one attached hydrogen (secondary N) is 1. The summed E-state index contributed by atoms with van der Waals surface area (Å²) in [6.45, 7) is 1.35. The predicted octanol–water partition coefficient (Wildman–Crippen LogP) is 3.19. The minimum atomic E-state index is 0.502. The van der Waals surface area contributed by atoms with Gasteiger partial charge < -0.3 is 10.2 Å². The highest BCUT2D eigenvalue weighted by molar-refractivity contribution is 6.33. The Labute approximate surface area is 116 Å². The van der Waals surface area contributed by atoms with Crippen LogP contribution in [0.5, 0.6) is 0 Å². The standard InChI is InChI=1S/C11H13Cl3N2O/c12-3-5-16(6-4-13)11-2-1-9(15-8-17)7-10(11)14/h1-2,7-8H,3-6H2,(H,15,17). The van der Waals surface area contributed by atoms with E-state index in [4.69, 9.17) is 34.8 Å². The van der Waals surface area contributed by atoms with Crippen LogP contribution in [0.1, 0.15) is 0 Å². The molecular weight excluding hydrogens is 282 g/mol. The molecule has 0 radical (unpaired) electrons. The summed E-state index contributed by atoms with van der Waals surface area (Å²) >= 11 is 17.6. The van der Waals surface area contributed by atoms with Crippen LogP contribution in [-0.2, 0) is 4.79 Å². The van der Waals surface area contributed by atoms with Gasteiger partial charge >= 0.3 is 0 Å². The van der Waals surface area contributed by atoms with E-state index in [1.807, 2.05) is 11.0 Å². The van der Waals surface area contributed by atoms with Gasteiger partial charge in [0.25, 0.3) is 0 Å². The number of carbonyl (C=O) groups excluding carboxylic acids is 1. The number of benzene rings is 1. The van der Waals surface area contributed by atoms with Crippen LogP contribution in [0.25, 0.3) is 0 Å². The van der Waals surface area contributed by atoms with Crippen molar-refractivity contribution in [1.29, 1.82) is 0 Å². The van der Waals surface area contributed by atoms with Crippen LogP contribution in [0.2, 0.25) is 5.02 Å². The van der Waals surface area contributed by atoms with Gasteiger partial charge in [-0.15, -0.1) is 23.2 Å². The third-order valence-corrected chi connectivity index (χ3v) is 2.86. The Morgan fingerprint density at radius 1 is 1.24 bits per heavy atom. The van der Waals surface area contributed by atoms with E-state index in [1.165, 1.54) is 0 Å². The number of nitrogens with zero attached hydrogens (tertiary/aromatic N) is 1. The van der Waals surface area contributed by atoms with Gasteiger partial charge in [-0.25, -0.2) is 0 Å². The van der Waals surface area contributed by atoms with Crippen molar-refractivity contribution in [1.82, 2.24) is 0 Å². The van der Waals surface area contributed by atoms with Crippen molar-refractivity contribution < 1.29 is 4.79 Å². The molecule has 1 amide bonds. The Hall–Kier alpha value is -0.640. The number of hydrogen-bond acceptors (Lipinski definition) is 2. The van der Waals surface area contributed by atoms with E-state index in [0.29, 0.717) is 42.0 Å². The van der Waals surface area contributed by atoms with E-state index < -0.39 is 0 Å². The average molecular weight is 296 g/mol. The Bertz CT molecular complexity index is 368. The molecule has 0 aliphatic heterocycles. The van der Waals surface area contributed by atoms with Crippen LogP contribution in [0.4, 0.5) is 11.4 Å². The summed E-state index contributed by atoms with van der Waals surface area (Å²) in [7, 11) is 0. The summed E-state index contributed by atoms with van der Waals surface area (Å²) in [6.07, 6.45) is 0.612. The molecule has 1 aromatic rings. The second kappa shape index (κ2) is 7.64. The zero-order valence-electron chi connectivity index (χ0n) is 9.13. The lowest BCUT2D eigenvalue weighted by atomic mass is 10.2. The molecule has 0 saturated carbocycles. The summed E-state index contributed by atoms with van der Waals surface area (Å²) < 4.78 is 0. The molecule has 0 aliphatic carbocycles. The summed E-state index contributed by atoms with van der Waals surface area (Å²) in [4.78, 5) is 12.3. The first-order valence-corrected chi connectivity index (χ1v) is 6.54. The van der Waals surface area contributed by atoms with E-state index in [1.54, 1.807) is 12.1 Å². The molecule has 0 unspecified atom stereocenters. The van der Waals surface area contributed by atoms with Crippen LogP contribution in [0.3, 0.4) is 0 Å². The lowest BCUT2D eigenvalue weighted by Gasteiger charge is -2.24. The van der Waals surface area contributed by atoms with E-state index in [-0.39, 0.29) is 0 Å². The Morgan fingerprint density at radius 3 is 2.35 bits per heavy atom. The summed E-state index contributed by atoms with van der Waals surface area (Å²) in [5, 5.41) is 3.10. The quantitative estimate of drug-likeness (QED) is 0.619. The maximum Gasteiger partial charge on any atom is 0.211 e. The number of rotatable bonds is 7. The molecule has 0 bridgehead atoms. The Morgan fingerprint density at radius 2 is 1.88 bits per heavy atom. The van der Waals surface area contributed by atoms with Gasteiger partial charge in [0.1, 0.15) is 0 Å². The molecule has 3 nitrogen and oxygen atoms in total. The van der Waals surface area contributed by atoms with Crippen LogP contribution < -0.4 is 10.2 Å². The number of carbonyl (C=O) groups is 1. The van der Waals surface area contributed by atoms with Crippen molar-refractivity contribution in [2.75, 3.05) is 35.1 Å². The molecule has 0 aromatic heterocycles. The normalized spacial score (nSPS) is 10.1. The Balaban J connectivity index is 2.90. The summed E-state index contributed by atoms with van der Waals surface area (Å²) in [6, 6.07) is 5.32. The smallest absolute Gasteiger partial charge is 0.211 e. The molecular formula is C11H13Cl3N2O. The molecule has 1 aromatic carbocycles.